The van der Waals surface area contributed by atoms with Gasteiger partial charge in [0.15, 0.2) is 0 Å². The van der Waals surface area contributed by atoms with Crippen LogP contribution in [0.4, 0.5) is 0 Å². The number of allylic oxidation sites excluding steroid dienone is 1. The van der Waals surface area contributed by atoms with Gasteiger partial charge in [-0.2, -0.15) is 0 Å². The molecule has 7 heteroatoms. The van der Waals surface area contributed by atoms with Gasteiger partial charge in [0.2, 0.25) is 0 Å². The SMILES string of the molecule is CCC1=C(C)C(=O)N/C1=C\c1[nH]c(C(=O)O)c(C)c1C(=O)O. The normalized spacial score (nSPS) is 16.3. The molecule has 0 aliphatic carbocycles. The summed E-state index contributed by atoms with van der Waals surface area (Å²) >= 11 is 0. The first kappa shape index (κ1) is 15.6. The molecule has 0 saturated carbocycles. The zero-order valence-electron chi connectivity index (χ0n) is 12.4. The number of carbonyl (C=O) groups is 3. The molecule has 0 radical (unpaired) electrons. The van der Waals surface area contributed by atoms with Gasteiger partial charge in [0.05, 0.1) is 11.3 Å². The molecule has 0 fully saturated rings. The molecule has 7 nitrogen and oxygen atoms in total. The van der Waals surface area contributed by atoms with Gasteiger partial charge in [-0.05, 0) is 37.5 Å². The highest BCUT2D eigenvalue weighted by molar-refractivity contribution is 6.02. The molecule has 2 rings (SSSR count). The molecule has 1 amide bonds. The lowest BCUT2D eigenvalue weighted by atomic mass is 10.0. The van der Waals surface area contributed by atoms with Crippen molar-refractivity contribution in [1.29, 1.82) is 0 Å². The number of amides is 1. The van der Waals surface area contributed by atoms with Crippen LogP contribution in [0.25, 0.3) is 6.08 Å². The summed E-state index contributed by atoms with van der Waals surface area (Å²) in [5, 5.41) is 21.1. The van der Waals surface area contributed by atoms with Crippen molar-refractivity contribution in [3.63, 3.8) is 0 Å². The number of H-pyrrole nitrogens is 1. The average molecular weight is 304 g/mol. The molecule has 0 bridgehead atoms. The molecular formula is C15H16N2O5. The van der Waals surface area contributed by atoms with E-state index < -0.39 is 11.9 Å². The van der Waals surface area contributed by atoms with Crippen molar-refractivity contribution in [2.24, 2.45) is 0 Å². The Morgan fingerprint density at radius 2 is 1.82 bits per heavy atom. The molecule has 1 aliphatic rings. The first-order chi connectivity index (χ1) is 10.3. The molecule has 116 valence electrons. The van der Waals surface area contributed by atoms with Crippen molar-refractivity contribution in [3.05, 3.63) is 39.4 Å². The molecule has 22 heavy (non-hydrogen) atoms. The fourth-order valence-corrected chi connectivity index (χ4v) is 2.57. The van der Waals surface area contributed by atoms with Crippen molar-refractivity contribution in [3.8, 4) is 0 Å². The zero-order chi connectivity index (χ0) is 16.6. The summed E-state index contributed by atoms with van der Waals surface area (Å²) in [7, 11) is 0. The lowest BCUT2D eigenvalue weighted by Gasteiger charge is -2.03. The van der Waals surface area contributed by atoms with Crippen molar-refractivity contribution in [2.45, 2.75) is 27.2 Å². The van der Waals surface area contributed by atoms with E-state index in [1.165, 1.54) is 13.0 Å². The van der Waals surface area contributed by atoms with Crippen LogP contribution in [-0.4, -0.2) is 33.0 Å². The van der Waals surface area contributed by atoms with E-state index in [1.54, 1.807) is 6.92 Å². The van der Waals surface area contributed by atoms with Crippen molar-refractivity contribution in [1.82, 2.24) is 10.3 Å². The van der Waals surface area contributed by atoms with Gasteiger partial charge in [-0.15, -0.1) is 0 Å². The van der Waals surface area contributed by atoms with E-state index >= 15 is 0 Å². The number of rotatable bonds is 4. The third kappa shape index (κ3) is 2.41. The second kappa shape index (κ2) is 5.51. The molecule has 0 aromatic carbocycles. The quantitative estimate of drug-likeness (QED) is 0.677. The maximum Gasteiger partial charge on any atom is 0.352 e. The van der Waals surface area contributed by atoms with Crippen molar-refractivity contribution in [2.75, 3.05) is 0 Å². The monoisotopic (exact) mass is 304 g/mol. The van der Waals surface area contributed by atoms with Gasteiger partial charge in [-0.25, -0.2) is 9.59 Å². The highest BCUT2D eigenvalue weighted by Crippen LogP contribution is 2.27. The smallest absolute Gasteiger partial charge is 0.352 e. The summed E-state index contributed by atoms with van der Waals surface area (Å²) in [5.41, 5.74) is 1.86. The van der Waals surface area contributed by atoms with E-state index in [2.05, 4.69) is 10.3 Å². The minimum Gasteiger partial charge on any atom is -0.478 e. The Labute approximate surface area is 126 Å². The number of nitrogens with one attached hydrogen (secondary N) is 2. The second-order valence-electron chi connectivity index (χ2n) is 4.99. The van der Waals surface area contributed by atoms with Crippen molar-refractivity contribution < 1.29 is 24.6 Å². The van der Waals surface area contributed by atoms with Gasteiger partial charge in [-0.1, -0.05) is 6.92 Å². The topological polar surface area (TPSA) is 119 Å². The highest BCUT2D eigenvalue weighted by Gasteiger charge is 2.26. The predicted molar refractivity (Wildman–Crippen MR) is 78.6 cm³/mol. The van der Waals surface area contributed by atoms with Crippen LogP contribution in [-0.2, 0) is 4.79 Å². The summed E-state index contributed by atoms with van der Waals surface area (Å²) in [6, 6.07) is 0. The summed E-state index contributed by atoms with van der Waals surface area (Å²) in [6.45, 7) is 5.00. The number of carbonyl (C=O) groups excluding carboxylic acids is 1. The minimum absolute atomic E-state index is 0.112. The van der Waals surface area contributed by atoms with E-state index in [9.17, 15) is 19.5 Å². The van der Waals surface area contributed by atoms with Crippen molar-refractivity contribution >= 4 is 23.9 Å². The molecule has 0 atom stereocenters. The fourth-order valence-electron chi connectivity index (χ4n) is 2.57. The molecule has 1 aromatic rings. The van der Waals surface area contributed by atoms with E-state index in [1.807, 2.05) is 6.92 Å². The van der Waals surface area contributed by atoms with Crippen LogP contribution < -0.4 is 5.32 Å². The summed E-state index contributed by atoms with van der Waals surface area (Å²) in [4.78, 5) is 36.9. The van der Waals surface area contributed by atoms with Crippen LogP contribution in [0.2, 0.25) is 0 Å². The lowest BCUT2D eigenvalue weighted by Crippen LogP contribution is -2.15. The maximum atomic E-state index is 11.7. The van der Waals surface area contributed by atoms with Crippen LogP contribution in [0.15, 0.2) is 16.8 Å². The first-order valence-corrected chi connectivity index (χ1v) is 6.70. The van der Waals surface area contributed by atoms with Gasteiger partial charge in [0.1, 0.15) is 5.69 Å². The Morgan fingerprint density at radius 3 is 2.32 bits per heavy atom. The highest BCUT2D eigenvalue weighted by atomic mass is 16.4. The number of aromatic amines is 1. The Balaban J connectivity index is 2.62. The van der Waals surface area contributed by atoms with Gasteiger partial charge in [0.25, 0.3) is 5.91 Å². The van der Waals surface area contributed by atoms with Crippen LogP contribution >= 0.6 is 0 Å². The standard InChI is InChI=1S/C15H16N2O5/c1-4-8-6(2)13(18)17-9(8)5-10-11(14(19)20)7(3)12(16-10)15(21)22/h5,16H,4H2,1-3H3,(H,17,18)(H,19,20)(H,21,22)/b9-5-. The van der Waals surface area contributed by atoms with Gasteiger partial charge in [0, 0.05) is 11.3 Å². The minimum atomic E-state index is -1.23. The molecule has 2 heterocycles. The van der Waals surface area contributed by atoms with Crippen LogP contribution in [0.1, 0.15) is 52.4 Å². The van der Waals surface area contributed by atoms with E-state index in [0.717, 1.165) is 5.57 Å². The third-order valence-electron chi connectivity index (χ3n) is 3.72. The second-order valence-corrected chi connectivity index (χ2v) is 4.99. The fraction of sp³-hybridized carbons (Fsp3) is 0.267. The average Bonchev–Trinajstić information content (AvgIpc) is 2.88. The van der Waals surface area contributed by atoms with Gasteiger partial charge in [-0.3, -0.25) is 4.79 Å². The third-order valence-corrected chi connectivity index (χ3v) is 3.72. The predicted octanol–water partition coefficient (Wildman–Crippen LogP) is 1.92. The summed E-state index contributed by atoms with van der Waals surface area (Å²) in [5.74, 6) is -2.69. The Bertz CT molecular complexity index is 752. The largest absolute Gasteiger partial charge is 0.478 e. The summed E-state index contributed by atoms with van der Waals surface area (Å²) in [6.07, 6.45) is 2.07. The molecule has 0 unspecified atom stereocenters. The van der Waals surface area contributed by atoms with E-state index in [0.29, 0.717) is 17.7 Å². The first-order valence-electron chi connectivity index (χ1n) is 6.70. The molecule has 0 spiro atoms. The van der Waals surface area contributed by atoms with Crippen LogP contribution in [0.5, 0.6) is 0 Å². The summed E-state index contributed by atoms with van der Waals surface area (Å²) < 4.78 is 0. The lowest BCUT2D eigenvalue weighted by molar-refractivity contribution is -0.116. The number of hydrogen-bond acceptors (Lipinski definition) is 3. The Hall–Kier alpha value is -2.83. The molecule has 1 aliphatic heterocycles. The molecular weight excluding hydrogens is 288 g/mol. The Morgan fingerprint density at radius 1 is 1.18 bits per heavy atom. The van der Waals surface area contributed by atoms with E-state index in [4.69, 9.17) is 5.11 Å². The Kier molecular flexibility index (Phi) is 3.90. The maximum absolute atomic E-state index is 11.7. The zero-order valence-corrected chi connectivity index (χ0v) is 12.4. The molecule has 0 saturated heterocycles. The van der Waals surface area contributed by atoms with E-state index in [-0.39, 0.29) is 28.4 Å². The number of hydrogen-bond donors (Lipinski definition) is 4. The number of carboxylic acid groups (broad SMARTS) is 2. The number of carboxylic acids is 2. The molecule has 4 N–H and O–H groups in total. The number of aromatic nitrogens is 1. The molecule has 1 aromatic heterocycles. The van der Waals surface area contributed by atoms with Gasteiger partial charge >= 0.3 is 11.9 Å². The van der Waals surface area contributed by atoms with Gasteiger partial charge < -0.3 is 20.5 Å². The van der Waals surface area contributed by atoms with Crippen LogP contribution in [0.3, 0.4) is 0 Å². The number of aromatic carboxylic acids is 2. The van der Waals surface area contributed by atoms with Crippen LogP contribution in [0, 0.1) is 6.92 Å².